The molecule has 5 N–H and O–H groups in total. The highest BCUT2D eigenvalue weighted by Gasteiger charge is 2.22. The molecule has 0 aliphatic rings. The van der Waals surface area contributed by atoms with E-state index < -0.39 is 30.4 Å². The zero-order valence-corrected chi connectivity index (χ0v) is 10.9. The smallest absolute Gasteiger partial charge is 0.326 e. The number of primary amides is 1. The van der Waals surface area contributed by atoms with Crippen LogP contribution in [0.2, 0.25) is 0 Å². The number of aromatic nitrogens is 3. The molecule has 0 saturated heterocycles. The van der Waals surface area contributed by atoms with Crippen LogP contribution in [0.1, 0.15) is 19.2 Å². The van der Waals surface area contributed by atoms with Gasteiger partial charge in [-0.15, -0.1) is 10.2 Å². The summed E-state index contributed by atoms with van der Waals surface area (Å²) in [5.41, 5.74) is 4.90. The number of amides is 3. The summed E-state index contributed by atoms with van der Waals surface area (Å²) in [4.78, 5) is 33.1. The van der Waals surface area contributed by atoms with E-state index in [2.05, 4.69) is 20.8 Å². The molecule has 0 aliphatic heterocycles. The Morgan fingerprint density at radius 1 is 1.50 bits per heavy atom. The molecule has 110 valence electrons. The molecule has 10 heteroatoms. The van der Waals surface area contributed by atoms with E-state index >= 15 is 0 Å². The monoisotopic (exact) mass is 284 g/mol. The number of carbonyl (C=O) groups is 3. The van der Waals surface area contributed by atoms with Gasteiger partial charge in [-0.05, 0) is 6.92 Å². The Kier molecular flexibility index (Phi) is 5.44. The van der Waals surface area contributed by atoms with Crippen molar-refractivity contribution in [1.29, 1.82) is 0 Å². The van der Waals surface area contributed by atoms with E-state index in [1.54, 1.807) is 4.57 Å². The van der Waals surface area contributed by atoms with Gasteiger partial charge in [-0.2, -0.15) is 0 Å². The third kappa shape index (κ3) is 4.55. The van der Waals surface area contributed by atoms with E-state index in [1.165, 1.54) is 6.33 Å². The number of nitrogens with two attached hydrogens (primary N) is 1. The number of nitrogens with zero attached hydrogens (tertiary/aromatic N) is 3. The number of aliphatic carboxylic acids is 1. The number of urea groups is 1. The highest BCUT2D eigenvalue weighted by molar-refractivity contribution is 5.87. The number of carboxylic acid groups (broad SMARTS) is 1. The molecular weight excluding hydrogens is 268 g/mol. The number of hydrogen-bond acceptors (Lipinski definition) is 5. The van der Waals surface area contributed by atoms with Crippen LogP contribution in [0.25, 0.3) is 0 Å². The summed E-state index contributed by atoms with van der Waals surface area (Å²) in [5.74, 6) is -1.62. The summed E-state index contributed by atoms with van der Waals surface area (Å²) in [6.45, 7) is 2.62. The van der Waals surface area contributed by atoms with Gasteiger partial charge in [-0.3, -0.25) is 4.79 Å². The van der Waals surface area contributed by atoms with Crippen LogP contribution in [0, 0.1) is 0 Å². The molecule has 0 aliphatic carbocycles. The zero-order chi connectivity index (χ0) is 15.1. The second-order valence-electron chi connectivity index (χ2n) is 3.92. The minimum atomic E-state index is -1.36. The highest BCUT2D eigenvalue weighted by atomic mass is 16.4. The first kappa shape index (κ1) is 15.4. The first-order valence-corrected chi connectivity index (χ1v) is 5.86. The number of aryl methyl sites for hydroxylation is 1. The Hall–Kier alpha value is -2.65. The fourth-order valence-corrected chi connectivity index (χ4v) is 1.45. The van der Waals surface area contributed by atoms with Gasteiger partial charge in [0.05, 0.1) is 13.0 Å². The quantitative estimate of drug-likeness (QED) is 0.474. The van der Waals surface area contributed by atoms with Gasteiger partial charge in [0.25, 0.3) is 0 Å². The van der Waals surface area contributed by atoms with Crippen LogP contribution in [0.4, 0.5) is 4.79 Å². The van der Waals surface area contributed by atoms with E-state index in [4.69, 9.17) is 10.8 Å². The van der Waals surface area contributed by atoms with Crippen molar-refractivity contribution >= 4 is 17.9 Å². The molecule has 1 aromatic rings. The van der Waals surface area contributed by atoms with Crippen molar-refractivity contribution < 1.29 is 19.5 Å². The third-order valence-electron chi connectivity index (χ3n) is 2.45. The van der Waals surface area contributed by atoms with Crippen molar-refractivity contribution in [3.63, 3.8) is 0 Å². The Bertz CT molecular complexity index is 500. The van der Waals surface area contributed by atoms with E-state index in [9.17, 15) is 14.4 Å². The van der Waals surface area contributed by atoms with Crippen LogP contribution in [-0.2, 0) is 22.7 Å². The van der Waals surface area contributed by atoms with Crippen LogP contribution in [0.5, 0.6) is 0 Å². The van der Waals surface area contributed by atoms with Gasteiger partial charge < -0.3 is 26.0 Å². The van der Waals surface area contributed by atoms with Crippen molar-refractivity contribution in [2.24, 2.45) is 5.73 Å². The second kappa shape index (κ2) is 7.07. The van der Waals surface area contributed by atoms with Crippen molar-refractivity contribution in [1.82, 2.24) is 25.4 Å². The van der Waals surface area contributed by atoms with Crippen molar-refractivity contribution in [2.75, 3.05) is 0 Å². The summed E-state index contributed by atoms with van der Waals surface area (Å²) in [5, 5.41) is 20.9. The van der Waals surface area contributed by atoms with Crippen molar-refractivity contribution in [3.05, 3.63) is 12.2 Å². The summed E-state index contributed by atoms with van der Waals surface area (Å²) in [6, 6.07) is -2.10. The molecule has 20 heavy (non-hydrogen) atoms. The molecule has 3 amide bonds. The largest absolute Gasteiger partial charge is 0.480 e. The molecule has 1 heterocycles. The Morgan fingerprint density at radius 2 is 2.20 bits per heavy atom. The van der Waals surface area contributed by atoms with Gasteiger partial charge in [-0.1, -0.05) is 0 Å². The lowest BCUT2D eigenvalue weighted by Crippen LogP contribution is -2.47. The van der Waals surface area contributed by atoms with E-state index in [0.29, 0.717) is 12.4 Å². The number of carboxylic acids is 1. The third-order valence-corrected chi connectivity index (χ3v) is 2.45. The average molecular weight is 284 g/mol. The number of rotatable bonds is 7. The molecule has 10 nitrogen and oxygen atoms in total. The lowest BCUT2D eigenvalue weighted by molar-refractivity contribution is -0.140. The molecular formula is C10H16N6O4. The van der Waals surface area contributed by atoms with Gasteiger partial charge in [-0.25, -0.2) is 9.59 Å². The molecule has 1 unspecified atom stereocenters. The first-order chi connectivity index (χ1) is 9.43. The van der Waals surface area contributed by atoms with Gasteiger partial charge in [0.15, 0.2) is 5.82 Å². The van der Waals surface area contributed by atoms with Crippen molar-refractivity contribution in [3.8, 4) is 0 Å². The lowest BCUT2D eigenvalue weighted by atomic mass is 10.2. The Morgan fingerprint density at radius 3 is 2.75 bits per heavy atom. The molecule has 0 radical (unpaired) electrons. The fraction of sp³-hybridized carbons (Fsp3) is 0.500. The van der Waals surface area contributed by atoms with Crippen LogP contribution >= 0.6 is 0 Å². The average Bonchev–Trinajstić information content (AvgIpc) is 2.82. The summed E-state index contributed by atoms with van der Waals surface area (Å²) in [6.07, 6.45) is 1.04. The summed E-state index contributed by atoms with van der Waals surface area (Å²) >= 11 is 0. The number of nitrogens with one attached hydrogen (secondary N) is 2. The Labute approximate surface area is 114 Å². The van der Waals surface area contributed by atoms with Crippen molar-refractivity contribution in [2.45, 2.75) is 32.5 Å². The predicted octanol–water partition coefficient (Wildman–Crippen LogP) is -1.57. The number of hydrogen-bond donors (Lipinski definition) is 4. The molecule has 0 spiro atoms. The summed E-state index contributed by atoms with van der Waals surface area (Å²) in [7, 11) is 0. The summed E-state index contributed by atoms with van der Waals surface area (Å²) < 4.78 is 1.72. The van der Waals surface area contributed by atoms with Crippen LogP contribution in [-0.4, -0.2) is 43.8 Å². The van der Waals surface area contributed by atoms with Gasteiger partial charge >= 0.3 is 12.0 Å². The number of carbonyl (C=O) groups excluding carboxylic acids is 2. The van der Waals surface area contributed by atoms with Gasteiger partial charge in [0, 0.05) is 6.54 Å². The minimum Gasteiger partial charge on any atom is -0.480 e. The van der Waals surface area contributed by atoms with Crippen LogP contribution < -0.4 is 16.4 Å². The predicted molar refractivity (Wildman–Crippen MR) is 66.3 cm³/mol. The SMILES string of the molecule is CCn1cnnc1CNC(=O)NC(CC(N)=O)C(=O)O. The lowest BCUT2D eigenvalue weighted by Gasteiger charge is -2.13. The minimum absolute atomic E-state index is 0.0859. The Balaban J connectivity index is 2.50. The first-order valence-electron chi connectivity index (χ1n) is 5.86. The molecule has 1 atom stereocenters. The van der Waals surface area contributed by atoms with E-state index in [1.807, 2.05) is 6.92 Å². The van der Waals surface area contributed by atoms with Crippen LogP contribution in [0.15, 0.2) is 6.33 Å². The molecule has 1 aromatic heterocycles. The maximum atomic E-state index is 11.5. The normalized spacial score (nSPS) is 11.7. The van der Waals surface area contributed by atoms with Gasteiger partial charge in [0.1, 0.15) is 12.4 Å². The zero-order valence-electron chi connectivity index (χ0n) is 10.9. The molecule has 0 fully saturated rings. The molecule has 0 aromatic carbocycles. The van der Waals surface area contributed by atoms with Gasteiger partial charge in [0.2, 0.25) is 5.91 Å². The maximum Gasteiger partial charge on any atom is 0.326 e. The maximum absolute atomic E-state index is 11.5. The highest BCUT2D eigenvalue weighted by Crippen LogP contribution is 1.95. The fourth-order valence-electron chi connectivity index (χ4n) is 1.45. The molecule has 0 saturated carbocycles. The topological polar surface area (TPSA) is 152 Å². The van der Waals surface area contributed by atoms with Crippen LogP contribution in [0.3, 0.4) is 0 Å². The standard InChI is InChI=1S/C10H16N6O4/c1-2-16-5-13-15-8(16)4-12-10(20)14-6(9(18)19)3-7(11)17/h5-6H,2-4H2,1H3,(H2,11,17)(H,18,19)(H2,12,14,20). The second-order valence-corrected chi connectivity index (χ2v) is 3.92. The molecule has 0 bridgehead atoms. The van der Waals surface area contributed by atoms with E-state index in [-0.39, 0.29) is 6.54 Å². The van der Waals surface area contributed by atoms with E-state index in [0.717, 1.165) is 0 Å². The molecule has 1 rings (SSSR count).